The minimum Gasteiger partial charge on any atom is -0.354 e. The lowest BCUT2D eigenvalue weighted by Gasteiger charge is -2.60. The molecule has 0 saturated carbocycles. The van der Waals surface area contributed by atoms with E-state index in [-0.39, 0.29) is 16.6 Å². The fourth-order valence-electron chi connectivity index (χ4n) is 5.18. The molecule has 11 heteroatoms. The molecule has 0 radical (unpaired) electrons. The van der Waals surface area contributed by atoms with Gasteiger partial charge in [-0.3, -0.25) is 19.7 Å². The van der Waals surface area contributed by atoms with Crippen LogP contribution in [0.1, 0.15) is 16.1 Å². The lowest BCUT2D eigenvalue weighted by atomic mass is 9.72. The number of aromatic nitrogens is 2. The number of imide groups is 1. The van der Waals surface area contributed by atoms with Gasteiger partial charge in [-0.25, -0.2) is 4.98 Å². The number of rotatable bonds is 4. The van der Waals surface area contributed by atoms with Crippen molar-refractivity contribution in [3.8, 4) is 0 Å². The van der Waals surface area contributed by atoms with E-state index in [1.165, 1.54) is 0 Å². The van der Waals surface area contributed by atoms with E-state index in [1.807, 2.05) is 41.3 Å². The zero-order valence-corrected chi connectivity index (χ0v) is 20.8. The molecule has 4 saturated heterocycles. The van der Waals surface area contributed by atoms with Crippen molar-refractivity contribution in [1.29, 1.82) is 0 Å². The van der Waals surface area contributed by atoms with Crippen molar-refractivity contribution in [1.82, 2.24) is 25.1 Å². The molecule has 2 aromatic rings. The maximum absolute atomic E-state index is 12.7. The third-order valence-corrected chi connectivity index (χ3v) is 7.98. The summed E-state index contributed by atoms with van der Waals surface area (Å²) in [6, 6.07) is 11.3. The third kappa shape index (κ3) is 4.33. The first-order chi connectivity index (χ1) is 17.4. The maximum Gasteiger partial charge on any atom is 0.290 e. The van der Waals surface area contributed by atoms with Crippen LogP contribution in [0.5, 0.6) is 0 Å². The second-order valence-corrected chi connectivity index (χ2v) is 11.0. The normalized spacial score (nSPS) is 22.6. The molecule has 1 aromatic carbocycles. The van der Waals surface area contributed by atoms with Crippen LogP contribution in [0, 0.1) is 5.41 Å². The first kappa shape index (κ1) is 23.0. The SMILES string of the molecule is CN1CCN(c2cc(/C=C3\SC(=O)NC3=O)nc(N3CC4(CN(C(=O)c5ccccc5)C4)C3)n2)CC1. The zero-order valence-electron chi connectivity index (χ0n) is 20.0. The van der Waals surface area contributed by atoms with Crippen molar-refractivity contribution >= 4 is 46.7 Å². The van der Waals surface area contributed by atoms with Crippen molar-refractivity contribution in [2.75, 3.05) is 69.2 Å². The molecule has 5 heterocycles. The number of amides is 3. The van der Waals surface area contributed by atoms with Gasteiger partial charge in [0.2, 0.25) is 5.95 Å². The van der Waals surface area contributed by atoms with Crippen molar-refractivity contribution in [3.05, 3.63) is 52.6 Å². The molecule has 1 spiro atoms. The number of anilines is 2. The molecule has 0 aliphatic carbocycles. The molecule has 4 aliphatic heterocycles. The molecule has 186 valence electrons. The third-order valence-electron chi connectivity index (χ3n) is 7.16. The minimum absolute atomic E-state index is 0.0730. The summed E-state index contributed by atoms with van der Waals surface area (Å²) < 4.78 is 0. The number of thioether (sulfide) groups is 1. The highest BCUT2D eigenvalue weighted by molar-refractivity contribution is 8.18. The number of hydrogen-bond acceptors (Lipinski definition) is 9. The molecule has 10 nitrogen and oxygen atoms in total. The van der Waals surface area contributed by atoms with Gasteiger partial charge in [0.25, 0.3) is 17.1 Å². The highest BCUT2D eigenvalue weighted by Gasteiger charge is 2.54. The van der Waals surface area contributed by atoms with Gasteiger partial charge in [0.05, 0.1) is 10.6 Å². The van der Waals surface area contributed by atoms with Crippen molar-refractivity contribution in [3.63, 3.8) is 0 Å². The van der Waals surface area contributed by atoms with Crippen LogP contribution in [-0.2, 0) is 4.79 Å². The van der Waals surface area contributed by atoms with E-state index in [1.54, 1.807) is 6.08 Å². The highest BCUT2D eigenvalue weighted by Crippen LogP contribution is 2.42. The Hall–Kier alpha value is -3.44. The molecule has 36 heavy (non-hydrogen) atoms. The Balaban J connectivity index is 1.19. The second kappa shape index (κ2) is 8.90. The summed E-state index contributed by atoms with van der Waals surface area (Å²) in [5.74, 6) is 1.12. The number of nitrogens with zero attached hydrogens (tertiary/aromatic N) is 6. The van der Waals surface area contributed by atoms with Gasteiger partial charge < -0.3 is 19.6 Å². The number of carbonyl (C=O) groups is 3. The van der Waals surface area contributed by atoms with Gasteiger partial charge in [-0.1, -0.05) is 18.2 Å². The van der Waals surface area contributed by atoms with Gasteiger partial charge in [-0.15, -0.1) is 0 Å². The smallest absolute Gasteiger partial charge is 0.290 e. The quantitative estimate of drug-likeness (QED) is 0.620. The second-order valence-electron chi connectivity index (χ2n) is 9.98. The van der Waals surface area contributed by atoms with Gasteiger partial charge in [-0.05, 0) is 37.0 Å². The van der Waals surface area contributed by atoms with E-state index >= 15 is 0 Å². The number of piperazine rings is 1. The Kier molecular flexibility index (Phi) is 5.68. The molecule has 3 amide bonds. The van der Waals surface area contributed by atoms with E-state index < -0.39 is 5.91 Å². The number of hydrogen-bond donors (Lipinski definition) is 1. The molecule has 0 atom stereocenters. The molecule has 1 N–H and O–H groups in total. The first-order valence-corrected chi connectivity index (χ1v) is 12.9. The molecule has 4 aliphatic rings. The average Bonchev–Trinajstić information content (AvgIpc) is 3.14. The minimum atomic E-state index is -0.396. The average molecular weight is 506 g/mol. The number of likely N-dealkylation sites (tertiary alicyclic amines) is 1. The molecule has 1 aromatic heterocycles. The highest BCUT2D eigenvalue weighted by atomic mass is 32.2. The molecule has 6 rings (SSSR count). The van der Waals surface area contributed by atoms with Crippen molar-refractivity contribution in [2.24, 2.45) is 5.41 Å². The van der Waals surface area contributed by atoms with Crippen LogP contribution in [-0.4, -0.2) is 96.2 Å². The fourth-order valence-corrected chi connectivity index (χ4v) is 5.85. The van der Waals surface area contributed by atoms with Gasteiger partial charge in [0, 0.05) is 69.4 Å². The van der Waals surface area contributed by atoms with E-state index in [0.29, 0.717) is 16.5 Å². The number of carbonyl (C=O) groups excluding carboxylic acids is 3. The molecule has 0 unspecified atom stereocenters. The van der Waals surface area contributed by atoms with Gasteiger partial charge >= 0.3 is 0 Å². The van der Waals surface area contributed by atoms with E-state index in [4.69, 9.17) is 9.97 Å². The number of likely N-dealkylation sites (N-methyl/N-ethyl adjacent to an activating group) is 1. The van der Waals surface area contributed by atoms with Crippen LogP contribution in [0.15, 0.2) is 41.3 Å². The molecular weight excluding hydrogens is 478 g/mol. The summed E-state index contributed by atoms with van der Waals surface area (Å²) in [6.45, 7) is 6.62. The summed E-state index contributed by atoms with van der Waals surface area (Å²) >= 11 is 0.888. The fraction of sp³-hybridized carbons (Fsp3) is 0.400. The van der Waals surface area contributed by atoms with Crippen LogP contribution < -0.4 is 15.1 Å². The Morgan fingerprint density at radius 3 is 2.39 bits per heavy atom. The lowest BCUT2D eigenvalue weighted by Crippen LogP contribution is -2.73. The van der Waals surface area contributed by atoms with Crippen molar-refractivity contribution in [2.45, 2.75) is 0 Å². The van der Waals surface area contributed by atoms with Crippen LogP contribution in [0.25, 0.3) is 6.08 Å². The van der Waals surface area contributed by atoms with Gasteiger partial charge in [-0.2, -0.15) is 4.98 Å². The van der Waals surface area contributed by atoms with Crippen LogP contribution in [0.4, 0.5) is 16.6 Å². The standard InChI is InChI=1S/C25H27N7O3S/c1-29-7-9-30(10-8-29)20-12-18(11-19-21(33)28-24(35)36-19)26-23(27-20)32-15-25(16-32)13-31(14-25)22(34)17-5-3-2-4-6-17/h2-6,11-12H,7-10,13-16H2,1H3,(H,28,33,35)/b19-11-. The predicted octanol–water partition coefficient (Wildman–Crippen LogP) is 1.51. The van der Waals surface area contributed by atoms with Gasteiger partial charge in [0.15, 0.2) is 0 Å². The summed E-state index contributed by atoms with van der Waals surface area (Å²) in [4.78, 5) is 54.9. The van der Waals surface area contributed by atoms with Crippen LogP contribution >= 0.6 is 11.8 Å². The summed E-state index contributed by atoms with van der Waals surface area (Å²) in [6.07, 6.45) is 1.66. The van der Waals surface area contributed by atoms with Crippen LogP contribution in [0.3, 0.4) is 0 Å². The number of benzene rings is 1. The Bertz CT molecular complexity index is 1250. The summed E-state index contributed by atoms with van der Waals surface area (Å²) in [7, 11) is 2.11. The zero-order chi connectivity index (χ0) is 24.9. The lowest BCUT2D eigenvalue weighted by molar-refractivity contribution is -0.115. The summed E-state index contributed by atoms with van der Waals surface area (Å²) in [5.41, 5.74) is 1.40. The van der Waals surface area contributed by atoms with E-state index in [2.05, 4.69) is 27.1 Å². The Labute approximate surface area is 213 Å². The monoisotopic (exact) mass is 505 g/mol. The largest absolute Gasteiger partial charge is 0.354 e. The molecule has 0 bridgehead atoms. The molecule has 4 fully saturated rings. The Morgan fingerprint density at radius 1 is 1.00 bits per heavy atom. The molecular formula is C25H27N7O3S. The van der Waals surface area contributed by atoms with Gasteiger partial charge in [0.1, 0.15) is 5.82 Å². The van der Waals surface area contributed by atoms with Crippen molar-refractivity contribution < 1.29 is 14.4 Å². The maximum atomic E-state index is 12.7. The predicted molar refractivity (Wildman–Crippen MR) is 138 cm³/mol. The van der Waals surface area contributed by atoms with E-state index in [0.717, 1.165) is 75.5 Å². The first-order valence-electron chi connectivity index (χ1n) is 12.0. The summed E-state index contributed by atoms with van der Waals surface area (Å²) in [5, 5.41) is 1.92. The Morgan fingerprint density at radius 2 is 1.72 bits per heavy atom. The van der Waals surface area contributed by atoms with Crippen LogP contribution in [0.2, 0.25) is 0 Å². The van der Waals surface area contributed by atoms with E-state index in [9.17, 15) is 14.4 Å². The number of nitrogens with one attached hydrogen (secondary N) is 1. The topological polar surface area (TPSA) is 102 Å².